The van der Waals surface area contributed by atoms with Gasteiger partial charge in [-0.25, -0.2) is 4.79 Å². The molecule has 12 heteroatoms. The molecule has 0 aromatic heterocycles. The topological polar surface area (TPSA) is 53.1 Å². The molecule has 2 aliphatic rings. The van der Waals surface area contributed by atoms with Crippen LogP contribution >= 0.6 is 0 Å². The lowest BCUT2D eigenvalue weighted by atomic mass is 9.78. The van der Waals surface area contributed by atoms with Gasteiger partial charge in [-0.3, -0.25) is 4.79 Å². The molecule has 2 heterocycles. The van der Waals surface area contributed by atoms with Gasteiger partial charge in [0.1, 0.15) is 0 Å². The van der Waals surface area contributed by atoms with Crippen molar-refractivity contribution in [3.05, 3.63) is 70.3 Å². The van der Waals surface area contributed by atoms with Crippen LogP contribution in [0.2, 0.25) is 0 Å². The fourth-order valence-electron chi connectivity index (χ4n) is 6.75. The van der Waals surface area contributed by atoms with Gasteiger partial charge in [0.2, 0.25) is 0 Å². The molecule has 0 unspecified atom stereocenters. The highest BCUT2D eigenvalue weighted by Crippen LogP contribution is 2.46. The summed E-state index contributed by atoms with van der Waals surface area (Å²) in [6, 6.07) is 7.32. The normalized spacial score (nSPS) is 21.8. The van der Waals surface area contributed by atoms with E-state index in [1.807, 2.05) is 45.0 Å². The second kappa shape index (κ2) is 12.8. The second-order valence-corrected chi connectivity index (χ2v) is 13.3. The highest BCUT2D eigenvalue weighted by Gasteiger charge is 2.48. The predicted molar refractivity (Wildman–Crippen MR) is 157 cm³/mol. The molecular weight excluding hydrogens is 600 g/mol. The lowest BCUT2D eigenvalue weighted by Crippen LogP contribution is -2.51. The van der Waals surface area contributed by atoms with Crippen molar-refractivity contribution in [2.45, 2.75) is 65.5 Å². The average molecular weight is 642 g/mol. The van der Waals surface area contributed by atoms with E-state index in [0.717, 1.165) is 17.7 Å². The highest BCUT2D eigenvalue weighted by atomic mass is 19.4. The van der Waals surface area contributed by atoms with Gasteiger partial charge in [-0.1, -0.05) is 38.1 Å². The number of carbonyl (C=O) groups excluding carboxylic acids is 2. The number of rotatable bonds is 7. The minimum atomic E-state index is -4.99. The zero-order valence-electron chi connectivity index (χ0n) is 26.4. The molecule has 2 aliphatic heterocycles. The molecule has 0 saturated carbocycles. The second-order valence-electron chi connectivity index (χ2n) is 13.3. The van der Waals surface area contributed by atoms with Crippen molar-refractivity contribution in [3.8, 4) is 0 Å². The number of nitrogens with zero attached hydrogens (tertiary/aromatic N) is 3. The Kier molecular flexibility index (Phi) is 9.87. The Morgan fingerprint density at radius 2 is 1.60 bits per heavy atom. The van der Waals surface area contributed by atoms with E-state index in [2.05, 4.69) is 4.90 Å². The van der Waals surface area contributed by atoms with E-state index in [0.29, 0.717) is 38.2 Å². The first-order valence-corrected chi connectivity index (χ1v) is 15.0. The minimum absolute atomic E-state index is 0.0439. The third kappa shape index (κ3) is 7.93. The summed E-state index contributed by atoms with van der Waals surface area (Å²) in [5, 5.41) is 0. The van der Waals surface area contributed by atoms with Gasteiger partial charge in [0, 0.05) is 51.5 Å². The molecule has 0 N–H and O–H groups in total. The van der Waals surface area contributed by atoms with Crippen LogP contribution in [0.3, 0.4) is 0 Å². The first-order chi connectivity index (χ1) is 20.8. The summed E-state index contributed by atoms with van der Waals surface area (Å²) >= 11 is 0. The highest BCUT2D eigenvalue weighted by molar-refractivity contribution is 5.75. The zero-order valence-corrected chi connectivity index (χ0v) is 26.4. The Morgan fingerprint density at radius 1 is 1.00 bits per heavy atom. The number of alkyl halides is 6. The lowest BCUT2D eigenvalue weighted by molar-refractivity contribution is -0.145. The van der Waals surface area contributed by atoms with Gasteiger partial charge in [-0.15, -0.1) is 0 Å². The Balaban J connectivity index is 1.64. The summed E-state index contributed by atoms with van der Waals surface area (Å²) in [7, 11) is 1.42. The van der Waals surface area contributed by atoms with E-state index in [-0.39, 0.29) is 47.5 Å². The first-order valence-electron chi connectivity index (χ1n) is 15.0. The van der Waals surface area contributed by atoms with Gasteiger partial charge in [-0.05, 0) is 61.1 Å². The van der Waals surface area contributed by atoms with Gasteiger partial charge >= 0.3 is 24.4 Å². The van der Waals surface area contributed by atoms with Gasteiger partial charge in [-0.2, -0.15) is 26.3 Å². The van der Waals surface area contributed by atoms with Crippen molar-refractivity contribution < 1.29 is 40.7 Å². The van der Waals surface area contributed by atoms with E-state index >= 15 is 0 Å². The van der Waals surface area contributed by atoms with E-state index in [4.69, 9.17) is 4.74 Å². The quantitative estimate of drug-likeness (QED) is 0.230. The number of hydrogen-bond acceptors (Lipinski definition) is 4. The molecule has 2 fully saturated rings. The number of likely N-dealkylation sites (tertiary alicyclic amines) is 2. The standard InChI is InChI=1S/C33H41F6N3O3/c1-20-9-7-8-10-27(20)29-28-17-41(18-31(4,5)19-45-22(3)43)16-23(28)11-12-42(29)30(44)40(6)21(2)24-13-25(32(34,35)36)15-26(14-24)33(37,38)39/h7-10,13-15,21,23,28-29H,11-12,16-19H2,1-6H3/t21-,23-,28-,29+/m1/s1. The summed E-state index contributed by atoms with van der Waals surface area (Å²) in [5.74, 6) is -0.0313. The van der Waals surface area contributed by atoms with Gasteiger partial charge in [0.25, 0.3) is 0 Å². The number of ether oxygens (including phenoxy) is 1. The average Bonchev–Trinajstić information content (AvgIpc) is 3.35. The smallest absolute Gasteiger partial charge is 0.416 e. The number of piperidine rings is 1. The van der Waals surface area contributed by atoms with Crippen molar-refractivity contribution in [1.82, 2.24) is 14.7 Å². The van der Waals surface area contributed by atoms with Gasteiger partial charge < -0.3 is 19.4 Å². The Morgan fingerprint density at radius 3 is 2.16 bits per heavy atom. The number of aryl methyl sites for hydroxylation is 1. The molecule has 2 aromatic carbocycles. The molecule has 4 atom stereocenters. The molecule has 0 aliphatic carbocycles. The molecule has 0 bridgehead atoms. The maximum atomic E-state index is 14.2. The van der Waals surface area contributed by atoms with Crippen molar-refractivity contribution in [2.75, 3.05) is 39.8 Å². The summed E-state index contributed by atoms with van der Waals surface area (Å²) in [4.78, 5) is 30.9. The number of halogens is 6. The van der Waals surface area contributed by atoms with Crippen molar-refractivity contribution in [2.24, 2.45) is 17.3 Å². The third-order valence-corrected chi connectivity index (χ3v) is 9.10. The van der Waals surface area contributed by atoms with Crippen LogP contribution in [-0.2, 0) is 21.9 Å². The zero-order chi connectivity index (χ0) is 33.5. The van der Waals surface area contributed by atoms with Crippen LogP contribution in [0.4, 0.5) is 31.1 Å². The maximum absolute atomic E-state index is 14.2. The summed E-state index contributed by atoms with van der Waals surface area (Å²) in [5.41, 5.74) is -1.44. The largest absolute Gasteiger partial charge is 0.465 e. The number of urea groups is 1. The number of hydrogen-bond donors (Lipinski definition) is 0. The van der Waals surface area contributed by atoms with Crippen LogP contribution < -0.4 is 0 Å². The monoisotopic (exact) mass is 641 g/mol. The number of amides is 2. The van der Waals surface area contributed by atoms with E-state index in [1.54, 1.807) is 4.90 Å². The molecule has 2 aromatic rings. The van der Waals surface area contributed by atoms with Crippen LogP contribution in [0, 0.1) is 24.2 Å². The molecule has 2 saturated heterocycles. The molecule has 6 nitrogen and oxygen atoms in total. The van der Waals surface area contributed by atoms with Crippen molar-refractivity contribution in [1.29, 1.82) is 0 Å². The number of benzene rings is 2. The van der Waals surface area contributed by atoms with Gasteiger partial charge in [0.15, 0.2) is 0 Å². The van der Waals surface area contributed by atoms with Crippen LogP contribution in [-0.4, -0.2) is 66.5 Å². The van der Waals surface area contributed by atoms with E-state index in [9.17, 15) is 35.9 Å². The Hall–Kier alpha value is -3.28. The molecular formula is C33H41F6N3O3. The molecule has 0 spiro atoms. The fraction of sp³-hybridized carbons (Fsp3) is 0.576. The fourth-order valence-corrected chi connectivity index (χ4v) is 6.75. The van der Waals surface area contributed by atoms with Crippen LogP contribution in [0.15, 0.2) is 42.5 Å². The lowest BCUT2D eigenvalue weighted by Gasteiger charge is -2.45. The van der Waals surface area contributed by atoms with Crippen molar-refractivity contribution in [3.63, 3.8) is 0 Å². The predicted octanol–water partition coefficient (Wildman–Crippen LogP) is 7.73. The Labute approximate surface area is 260 Å². The summed E-state index contributed by atoms with van der Waals surface area (Å²) in [6.45, 7) is 11.6. The van der Waals surface area contributed by atoms with E-state index < -0.39 is 35.6 Å². The number of fused-ring (bicyclic) bond motifs is 1. The van der Waals surface area contributed by atoms with Gasteiger partial charge in [0.05, 0.1) is 29.8 Å². The molecule has 0 radical (unpaired) electrons. The first kappa shape index (κ1) is 34.6. The molecule has 2 amide bonds. The third-order valence-electron chi connectivity index (χ3n) is 9.10. The maximum Gasteiger partial charge on any atom is 0.416 e. The summed E-state index contributed by atoms with van der Waals surface area (Å²) < 4.78 is 86.8. The minimum Gasteiger partial charge on any atom is -0.465 e. The summed E-state index contributed by atoms with van der Waals surface area (Å²) in [6.07, 6.45) is -9.28. The molecule has 4 rings (SSSR count). The van der Waals surface area contributed by atoms with Crippen LogP contribution in [0.25, 0.3) is 0 Å². The van der Waals surface area contributed by atoms with Crippen LogP contribution in [0.5, 0.6) is 0 Å². The number of esters is 1. The molecule has 248 valence electrons. The van der Waals surface area contributed by atoms with Crippen LogP contribution in [0.1, 0.15) is 74.0 Å². The van der Waals surface area contributed by atoms with E-state index in [1.165, 1.54) is 25.8 Å². The van der Waals surface area contributed by atoms with Crippen molar-refractivity contribution >= 4 is 12.0 Å². The Bertz CT molecular complexity index is 1360. The SMILES string of the molecule is CC(=O)OCC(C)(C)CN1C[C@H]2CCN(C(=O)N(C)[C@H](C)c3cc(C(F)(F)F)cc(C(F)(F)F)c3)[C@@H](c3ccccc3C)[C@@H]2C1. The molecule has 45 heavy (non-hydrogen) atoms. The number of carbonyl (C=O) groups is 2.